The zero-order chi connectivity index (χ0) is 42.2. The van der Waals surface area contributed by atoms with Gasteiger partial charge in [-0.05, 0) is 64.3 Å². The van der Waals surface area contributed by atoms with Gasteiger partial charge in [-0.25, -0.2) is 0 Å². The quantitative estimate of drug-likeness (QED) is 0.0327. The maximum absolute atomic E-state index is 13.5. The second kappa shape index (κ2) is 27.8. The second-order valence-corrected chi connectivity index (χ2v) is 14.0. The van der Waals surface area contributed by atoms with Crippen molar-refractivity contribution in [2.24, 2.45) is 11.8 Å². The zero-order valence-electron chi connectivity index (χ0n) is 33.9. The van der Waals surface area contributed by atoms with Crippen molar-refractivity contribution in [2.45, 2.75) is 69.7 Å². The summed E-state index contributed by atoms with van der Waals surface area (Å²) in [5, 5.41) is 46.0. The molecule has 2 bridgehead atoms. The summed E-state index contributed by atoms with van der Waals surface area (Å²) in [5.41, 5.74) is 1.34. The summed E-state index contributed by atoms with van der Waals surface area (Å²) in [4.78, 5) is 75.7. The normalized spacial score (nSPS) is 16.2. The van der Waals surface area contributed by atoms with E-state index < -0.39 is 86.1 Å². The van der Waals surface area contributed by atoms with E-state index in [2.05, 4.69) is 16.0 Å². The third kappa shape index (κ3) is 16.5. The molecule has 57 heavy (non-hydrogen) atoms. The number of aliphatic hydroxyl groups is 4. The van der Waals surface area contributed by atoms with Gasteiger partial charge in [0.15, 0.2) is 0 Å². The summed E-state index contributed by atoms with van der Waals surface area (Å²) in [6.45, 7) is 0.664. The number of aromatic nitrogens is 1. The molecule has 2 heterocycles. The maximum Gasteiger partial charge on any atom is 0.323 e. The molecule has 0 saturated heterocycles. The molecule has 0 saturated carbocycles. The predicted octanol–water partition coefficient (Wildman–Crippen LogP) is -2.38. The van der Waals surface area contributed by atoms with E-state index in [0.29, 0.717) is 56.7 Å². The Kier molecular flexibility index (Phi) is 24.0. The van der Waals surface area contributed by atoms with Crippen LogP contribution in [0.3, 0.4) is 0 Å². The number of esters is 3. The maximum atomic E-state index is 13.5. The number of fused-ring (bicyclic) bond motifs is 2. The Morgan fingerprint density at radius 3 is 1.32 bits per heavy atom. The van der Waals surface area contributed by atoms with Crippen molar-refractivity contribution in [3.63, 3.8) is 0 Å². The van der Waals surface area contributed by atoms with Gasteiger partial charge in [0.25, 0.3) is 0 Å². The number of carbonyl (C=O) groups excluding carboxylic acids is 5. The van der Waals surface area contributed by atoms with Crippen LogP contribution in [0, 0.1) is 11.8 Å². The molecule has 2 amide bonds. The predicted molar refractivity (Wildman–Crippen MR) is 207 cm³/mol. The SMILES string of the molecule is CNCCCC(C(=O)OC)N1CCN(C(CCCNC(=O)C(CO)CO)C(=O)OC)CCN(C(CCCNC(=O)C(CO)CO)C(=O)OC)Cc2cccc(n2)C1. The number of methoxy groups -OCH3 is 3. The van der Waals surface area contributed by atoms with Gasteiger partial charge in [-0.3, -0.25) is 43.7 Å². The van der Waals surface area contributed by atoms with E-state index in [0.717, 1.165) is 0 Å². The number of carbonyl (C=O) groups is 5. The number of nitrogens with one attached hydrogen (secondary N) is 3. The molecule has 1 aromatic heterocycles. The number of pyridine rings is 1. The number of rotatable bonds is 24. The van der Waals surface area contributed by atoms with Crippen molar-refractivity contribution < 1.29 is 58.6 Å². The molecule has 3 unspecified atom stereocenters. The van der Waals surface area contributed by atoms with Gasteiger partial charge >= 0.3 is 17.9 Å². The average molecular weight is 812 g/mol. The van der Waals surface area contributed by atoms with Gasteiger partial charge < -0.3 is 50.6 Å². The monoisotopic (exact) mass is 811 g/mol. The third-order valence-corrected chi connectivity index (χ3v) is 10.1. The molecule has 0 fully saturated rings. The molecular weight excluding hydrogens is 746 g/mol. The Bertz CT molecular complexity index is 1370. The molecule has 3 atom stereocenters. The van der Waals surface area contributed by atoms with Crippen molar-refractivity contribution in [2.75, 3.05) is 101 Å². The zero-order valence-corrected chi connectivity index (χ0v) is 33.9. The summed E-state index contributed by atoms with van der Waals surface area (Å²) in [7, 11) is 5.78. The molecular formula is C38H65N7O12. The lowest BCUT2D eigenvalue weighted by Gasteiger charge is -2.37. The molecule has 7 N–H and O–H groups in total. The molecule has 1 aliphatic heterocycles. The van der Waals surface area contributed by atoms with Crippen LogP contribution in [0.2, 0.25) is 0 Å². The molecule has 324 valence electrons. The molecule has 0 spiro atoms. The summed E-state index contributed by atoms with van der Waals surface area (Å²) >= 11 is 0. The summed E-state index contributed by atoms with van der Waals surface area (Å²) in [5.74, 6) is -4.33. The topological polar surface area (TPSA) is 253 Å². The molecule has 19 heteroatoms. The van der Waals surface area contributed by atoms with E-state index in [4.69, 9.17) is 19.2 Å². The number of hydrogen-bond donors (Lipinski definition) is 7. The molecule has 1 aromatic rings. The first-order chi connectivity index (χ1) is 27.5. The fourth-order valence-corrected chi connectivity index (χ4v) is 6.73. The Morgan fingerprint density at radius 2 is 0.965 bits per heavy atom. The lowest BCUT2D eigenvalue weighted by molar-refractivity contribution is -0.150. The van der Waals surface area contributed by atoms with Crippen molar-refractivity contribution in [1.29, 1.82) is 0 Å². The van der Waals surface area contributed by atoms with Crippen LogP contribution >= 0.6 is 0 Å². The Hall–Kier alpha value is -3.82. The van der Waals surface area contributed by atoms with E-state index in [1.165, 1.54) is 21.3 Å². The first kappa shape index (κ1) is 49.3. The molecule has 2 rings (SSSR count). The van der Waals surface area contributed by atoms with Gasteiger partial charge in [-0.2, -0.15) is 0 Å². The second-order valence-electron chi connectivity index (χ2n) is 14.0. The fraction of sp³-hybridized carbons (Fsp3) is 0.737. The standard InChI is InChI=1S/C38H65N7O12/c1-39-14-6-11-32(37(53)56-3)44-19-17-43(31(36(52)55-2)12-7-15-40-34(50)27(23-46)24-47)18-20-45(22-30-10-5-9-29(21-44)42-30)33(38(54)57-4)13-8-16-41-35(51)28(25-48)26-49/h5,9-10,27-28,31-33,39,46-49H,6-8,11-26H2,1-4H3,(H,40,50)(H,41,51). The Balaban J connectivity index is 2.53. The first-order valence-corrected chi connectivity index (χ1v) is 19.6. The highest BCUT2D eigenvalue weighted by Gasteiger charge is 2.34. The van der Waals surface area contributed by atoms with Gasteiger partial charge in [-0.1, -0.05) is 6.07 Å². The van der Waals surface area contributed by atoms with E-state index in [9.17, 15) is 44.4 Å². The average Bonchev–Trinajstić information content (AvgIpc) is 3.21. The number of amides is 2. The fourth-order valence-electron chi connectivity index (χ4n) is 6.73. The highest BCUT2D eigenvalue weighted by atomic mass is 16.5. The van der Waals surface area contributed by atoms with Crippen molar-refractivity contribution >= 4 is 29.7 Å². The van der Waals surface area contributed by atoms with Crippen LogP contribution in [0.15, 0.2) is 18.2 Å². The van der Waals surface area contributed by atoms with E-state index in [-0.39, 0.29) is 52.1 Å². The van der Waals surface area contributed by atoms with Crippen molar-refractivity contribution in [1.82, 2.24) is 35.6 Å². The minimum Gasteiger partial charge on any atom is -0.468 e. The Morgan fingerprint density at radius 1 is 0.614 bits per heavy atom. The van der Waals surface area contributed by atoms with Crippen LogP contribution in [0.25, 0.3) is 0 Å². The molecule has 19 nitrogen and oxygen atoms in total. The molecule has 1 aliphatic rings. The van der Waals surface area contributed by atoms with Crippen LogP contribution in [0.4, 0.5) is 0 Å². The summed E-state index contributed by atoms with van der Waals surface area (Å²) < 4.78 is 15.8. The highest BCUT2D eigenvalue weighted by molar-refractivity contribution is 5.79. The Labute approximate surface area is 335 Å². The largest absolute Gasteiger partial charge is 0.468 e. The smallest absolute Gasteiger partial charge is 0.323 e. The van der Waals surface area contributed by atoms with Gasteiger partial charge in [0.2, 0.25) is 11.8 Å². The van der Waals surface area contributed by atoms with Crippen LogP contribution in [-0.4, -0.2) is 189 Å². The van der Waals surface area contributed by atoms with Crippen LogP contribution in [0.1, 0.15) is 49.9 Å². The molecule has 0 aromatic carbocycles. The number of nitrogens with zero attached hydrogens (tertiary/aromatic N) is 4. The lowest BCUT2D eigenvalue weighted by Crippen LogP contribution is -2.52. The minimum absolute atomic E-state index is 0.170. The third-order valence-electron chi connectivity index (χ3n) is 10.1. The number of ether oxygens (including phenoxy) is 3. The lowest BCUT2D eigenvalue weighted by atomic mass is 10.1. The minimum atomic E-state index is -0.963. The van der Waals surface area contributed by atoms with Gasteiger partial charge in [0.1, 0.15) is 18.1 Å². The van der Waals surface area contributed by atoms with Crippen molar-refractivity contribution in [3.8, 4) is 0 Å². The van der Waals surface area contributed by atoms with Gasteiger partial charge in [-0.15, -0.1) is 0 Å². The molecule has 0 aliphatic carbocycles. The first-order valence-electron chi connectivity index (χ1n) is 19.6. The van der Waals surface area contributed by atoms with E-state index >= 15 is 0 Å². The molecule has 0 radical (unpaired) electrons. The van der Waals surface area contributed by atoms with Crippen LogP contribution < -0.4 is 16.0 Å². The van der Waals surface area contributed by atoms with Gasteiger partial charge in [0, 0.05) is 52.4 Å². The van der Waals surface area contributed by atoms with Crippen LogP contribution in [-0.2, 0) is 51.3 Å². The summed E-state index contributed by atoms with van der Waals surface area (Å²) in [6.07, 6.45) is 2.47. The highest BCUT2D eigenvalue weighted by Crippen LogP contribution is 2.20. The van der Waals surface area contributed by atoms with E-state index in [1.54, 1.807) is 0 Å². The van der Waals surface area contributed by atoms with Gasteiger partial charge in [0.05, 0.1) is 71.0 Å². The van der Waals surface area contributed by atoms with Crippen LogP contribution in [0.5, 0.6) is 0 Å². The summed E-state index contributed by atoms with van der Waals surface area (Å²) in [6, 6.07) is 3.40. The number of aliphatic hydroxyl groups excluding tert-OH is 4. The van der Waals surface area contributed by atoms with Crippen molar-refractivity contribution in [3.05, 3.63) is 29.6 Å². The number of hydrogen-bond acceptors (Lipinski definition) is 17. The van der Waals surface area contributed by atoms with E-state index in [1.807, 2.05) is 39.9 Å².